The van der Waals surface area contributed by atoms with Gasteiger partial charge in [-0.3, -0.25) is 14.5 Å². The van der Waals surface area contributed by atoms with Gasteiger partial charge >= 0.3 is 0 Å². The Bertz CT molecular complexity index is 1170. The summed E-state index contributed by atoms with van der Waals surface area (Å²) in [7, 11) is 3.17. The lowest BCUT2D eigenvalue weighted by atomic mass is 10.1. The van der Waals surface area contributed by atoms with Crippen LogP contribution in [0.5, 0.6) is 17.4 Å². The van der Waals surface area contributed by atoms with E-state index < -0.39 is 0 Å². The van der Waals surface area contributed by atoms with Crippen molar-refractivity contribution in [1.29, 1.82) is 0 Å². The third-order valence-electron chi connectivity index (χ3n) is 5.13. The van der Waals surface area contributed by atoms with Crippen LogP contribution in [0.1, 0.15) is 26.3 Å². The van der Waals surface area contributed by atoms with Crippen LogP contribution in [-0.2, 0) is 6.54 Å². The molecule has 170 valence electrons. The average Bonchev–Trinajstić information content (AvgIpc) is 3.08. The lowest BCUT2D eigenvalue weighted by Gasteiger charge is -2.16. The molecule has 10 heteroatoms. The van der Waals surface area contributed by atoms with Gasteiger partial charge in [-0.05, 0) is 24.3 Å². The lowest BCUT2D eigenvalue weighted by Crippen LogP contribution is -2.33. The molecule has 0 fully saturated rings. The first-order valence-corrected chi connectivity index (χ1v) is 10.5. The number of ether oxygens (including phenoxy) is 3. The number of hydrogen-bond acceptors (Lipinski definition) is 8. The molecule has 0 radical (unpaired) electrons. The monoisotopic (exact) mass is 468 g/mol. The Morgan fingerprint density at radius 2 is 1.70 bits per heavy atom. The largest absolute Gasteiger partial charge is 0.497 e. The van der Waals surface area contributed by atoms with E-state index in [0.29, 0.717) is 34.9 Å². The number of fused-ring (bicyclic) bond motifs is 1. The minimum absolute atomic E-state index is 0.0440. The molecule has 2 heterocycles. The average molecular weight is 469 g/mol. The third-order valence-corrected chi connectivity index (χ3v) is 5.31. The van der Waals surface area contributed by atoms with Gasteiger partial charge in [0.2, 0.25) is 0 Å². The van der Waals surface area contributed by atoms with Gasteiger partial charge in [-0.1, -0.05) is 23.7 Å². The molecule has 0 unspecified atom stereocenters. The van der Waals surface area contributed by atoms with Crippen LogP contribution in [0.3, 0.4) is 0 Å². The second-order valence-corrected chi connectivity index (χ2v) is 7.46. The Morgan fingerprint density at radius 3 is 2.36 bits per heavy atom. The number of rotatable bonds is 9. The molecule has 9 nitrogen and oxygen atoms in total. The number of methoxy groups -OCH3 is 2. The fourth-order valence-corrected chi connectivity index (χ4v) is 3.60. The van der Waals surface area contributed by atoms with E-state index in [2.05, 4.69) is 15.5 Å². The molecule has 1 N–H and O–H groups in total. The highest BCUT2D eigenvalue weighted by Crippen LogP contribution is 2.28. The Labute approximate surface area is 195 Å². The summed E-state index contributed by atoms with van der Waals surface area (Å²) in [5.41, 5.74) is 2.17. The van der Waals surface area contributed by atoms with E-state index in [1.54, 1.807) is 50.6 Å². The molecule has 0 bridgehead atoms. The molecule has 2 amide bonds. The van der Waals surface area contributed by atoms with Gasteiger partial charge in [-0.2, -0.15) is 0 Å². The van der Waals surface area contributed by atoms with Crippen molar-refractivity contribution in [2.75, 3.05) is 32.7 Å². The molecule has 0 aliphatic carbocycles. The van der Waals surface area contributed by atoms with E-state index in [-0.39, 0.29) is 36.0 Å². The maximum absolute atomic E-state index is 12.5. The zero-order valence-electron chi connectivity index (χ0n) is 18.0. The van der Waals surface area contributed by atoms with Crippen molar-refractivity contribution < 1.29 is 23.8 Å². The van der Waals surface area contributed by atoms with Crippen LogP contribution < -0.4 is 19.5 Å². The van der Waals surface area contributed by atoms with Crippen molar-refractivity contribution in [1.82, 2.24) is 15.1 Å². The smallest absolute Gasteiger partial charge is 0.261 e. The maximum Gasteiger partial charge on any atom is 0.261 e. The molecule has 4 rings (SSSR count). The summed E-state index contributed by atoms with van der Waals surface area (Å²) in [5, 5.41) is 11.2. The minimum Gasteiger partial charge on any atom is -0.497 e. The van der Waals surface area contributed by atoms with E-state index in [1.165, 1.54) is 0 Å². The van der Waals surface area contributed by atoms with Crippen LogP contribution in [0.25, 0.3) is 0 Å². The zero-order chi connectivity index (χ0) is 23.4. The van der Waals surface area contributed by atoms with Crippen LogP contribution in [0.2, 0.25) is 5.15 Å². The predicted molar refractivity (Wildman–Crippen MR) is 121 cm³/mol. The van der Waals surface area contributed by atoms with Crippen LogP contribution >= 0.6 is 11.6 Å². The van der Waals surface area contributed by atoms with Crippen LogP contribution in [-0.4, -0.2) is 54.3 Å². The highest BCUT2D eigenvalue weighted by molar-refractivity contribution is 6.29. The number of aromatic nitrogens is 2. The van der Waals surface area contributed by atoms with Crippen LogP contribution in [0.15, 0.2) is 48.5 Å². The zero-order valence-corrected chi connectivity index (χ0v) is 18.8. The molecule has 33 heavy (non-hydrogen) atoms. The number of carbonyl (C=O) groups excluding carboxylic acids is 2. The summed E-state index contributed by atoms with van der Waals surface area (Å²) in [6, 6.07) is 13.8. The van der Waals surface area contributed by atoms with E-state index >= 15 is 0 Å². The number of nitrogens with zero attached hydrogens (tertiary/aromatic N) is 3. The summed E-state index contributed by atoms with van der Waals surface area (Å²) in [6.45, 7) is 0.509. The number of carbonyl (C=O) groups is 2. The van der Waals surface area contributed by atoms with E-state index in [9.17, 15) is 9.59 Å². The van der Waals surface area contributed by atoms with Crippen molar-refractivity contribution in [2.45, 2.75) is 6.54 Å². The summed E-state index contributed by atoms with van der Waals surface area (Å²) < 4.78 is 16.4. The number of imide groups is 1. The van der Waals surface area contributed by atoms with Crippen molar-refractivity contribution >= 4 is 29.1 Å². The van der Waals surface area contributed by atoms with Gasteiger partial charge in [-0.15, -0.1) is 10.2 Å². The van der Waals surface area contributed by atoms with Gasteiger partial charge in [0.1, 0.15) is 23.8 Å². The van der Waals surface area contributed by atoms with Gasteiger partial charge in [0.15, 0.2) is 5.15 Å². The molecular formula is C23H21ClN4O5. The van der Waals surface area contributed by atoms with Crippen LogP contribution in [0, 0.1) is 0 Å². The number of benzene rings is 2. The number of nitrogens with one attached hydrogen (secondary N) is 1. The number of halogens is 1. The molecule has 1 aromatic heterocycles. The van der Waals surface area contributed by atoms with Crippen molar-refractivity contribution in [3.8, 4) is 17.4 Å². The molecule has 1 aliphatic rings. The molecule has 2 aromatic carbocycles. The van der Waals surface area contributed by atoms with Gasteiger partial charge in [0.05, 0.1) is 31.9 Å². The van der Waals surface area contributed by atoms with Gasteiger partial charge in [-0.25, -0.2) is 0 Å². The maximum atomic E-state index is 12.5. The van der Waals surface area contributed by atoms with Gasteiger partial charge in [0, 0.05) is 24.2 Å². The molecule has 0 saturated carbocycles. The standard InChI is InChI=1S/C23H21ClN4O5/c1-31-15-8-7-14(19(11-15)32-2)13-25-18-12-20(24)26-27-21(18)33-10-9-28-22(29)16-5-3-4-6-17(16)23(28)30/h3-8,11-12H,9-10,13H2,1-2H3,(H,25,26). The molecule has 0 spiro atoms. The fourth-order valence-electron chi connectivity index (χ4n) is 3.45. The summed E-state index contributed by atoms with van der Waals surface area (Å²) >= 11 is 6.02. The summed E-state index contributed by atoms with van der Waals surface area (Å²) in [6.07, 6.45) is 0. The predicted octanol–water partition coefficient (Wildman–Crippen LogP) is 3.43. The molecule has 1 aliphatic heterocycles. The topological polar surface area (TPSA) is 103 Å². The fraction of sp³-hybridized carbons (Fsp3) is 0.217. The first kappa shape index (κ1) is 22.3. The Balaban J connectivity index is 1.42. The summed E-state index contributed by atoms with van der Waals surface area (Å²) in [4.78, 5) is 26.2. The molecule has 3 aromatic rings. The highest BCUT2D eigenvalue weighted by atomic mass is 35.5. The SMILES string of the molecule is COc1ccc(CNc2cc(Cl)nnc2OCCN2C(=O)c3ccccc3C2=O)c(OC)c1. The quantitative estimate of drug-likeness (QED) is 0.476. The summed E-state index contributed by atoms with van der Waals surface area (Å²) in [5.74, 6) is 0.852. The number of amides is 2. The number of hydrogen-bond donors (Lipinski definition) is 1. The molecular weight excluding hydrogens is 448 g/mol. The second-order valence-electron chi connectivity index (χ2n) is 7.07. The minimum atomic E-state index is -0.341. The van der Waals surface area contributed by atoms with E-state index in [1.807, 2.05) is 12.1 Å². The third kappa shape index (κ3) is 4.68. The van der Waals surface area contributed by atoms with Gasteiger partial charge < -0.3 is 19.5 Å². The van der Waals surface area contributed by atoms with Crippen molar-refractivity contribution in [2.24, 2.45) is 0 Å². The van der Waals surface area contributed by atoms with E-state index in [0.717, 1.165) is 10.5 Å². The Hall–Kier alpha value is -3.85. The first-order chi connectivity index (χ1) is 16.0. The van der Waals surface area contributed by atoms with Gasteiger partial charge in [0.25, 0.3) is 17.7 Å². The van der Waals surface area contributed by atoms with Crippen LogP contribution in [0.4, 0.5) is 5.69 Å². The second kappa shape index (κ2) is 9.74. The molecule has 0 saturated heterocycles. The normalized spacial score (nSPS) is 12.5. The van der Waals surface area contributed by atoms with Crippen molar-refractivity contribution in [3.05, 3.63) is 70.4 Å². The number of anilines is 1. The molecule has 0 atom stereocenters. The highest BCUT2D eigenvalue weighted by Gasteiger charge is 2.34. The van der Waals surface area contributed by atoms with Crippen molar-refractivity contribution in [3.63, 3.8) is 0 Å². The first-order valence-electron chi connectivity index (χ1n) is 10.1. The Morgan fingerprint density at radius 1 is 0.970 bits per heavy atom. The van der Waals surface area contributed by atoms with E-state index in [4.69, 9.17) is 25.8 Å². The lowest BCUT2D eigenvalue weighted by molar-refractivity contribution is 0.0630. The Kier molecular flexibility index (Phi) is 6.60.